The molecule has 0 fully saturated rings. The lowest BCUT2D eigenvalue weighted by Gasteiger charge is -2.18. The van der Waals surface area contributed by atoms with Gasteiger partial charge in [-0.1, -0.05) is 152 Å². The molecule has 0 amide bonds. The minimum atomic E-state index is 0.935. The average Bonchev–Trinajstić information content (AvgIpc) is 3.79. The smallest absolute Gasteiger partial charge is 0.143 e. The van der Waals surface area contributed by atoms with Crippen molar-refractivity contribution in [2.75, 3.05) is 0 Å². The Bertz CT molecular complexity index is 3430. The van der Waals surface area contributed by atoms with E-state index in [2.05, 4.69) is 182 Å². The second-order valence-corrected chi connectivity index (χ2v) is 15.5. The molecule has 2 heterocycles. The molecular formula is C52H30OS. The van der Waals surface area contributed by atoms with E-state index in [9.17, 15) is 0 Å². The molecule has 0 unspecified atom stereocenters. The van der Waals surface area contributed by atoms with Crippen LogP contribution in [-0.2, 0) is 0 Å². The van der Waals surface area contributed by atoms with Crippen molar-refractivity contribution in [1.82, 2.24) is 0 Å². The van der Waals surface area contributed by atoms with E-state index in [-0.39, 0.29) is 0 Å². The molecule has 0 saturated heterocycles. The lowest BCUT2D eigenvalue weighted by Crippen LogP contribution is -1.91. The second-order valence-electron chi connectivity index (χ2n) is 14.4. The zero-order valence-electron chi connectivity index (χ0n) is 29.1. The van der Waals surface area contributed by atoms with Crippen LogP contribution >= 0.6 is 11.3 Å². The van der Waals surface area contributed by atoms with Gasteiger partial charge in [-0.3, -0.25) is 0 Å². The number of benzene rings is 10. The van der Waals surface area contributed by atoms with Gasteiger partial charge in [-0.05, 0) is 101 Å². The van der Waals surface area contributed by atoms with Crippen molar-refractivity contribution in [1.29, 1.82) is 0 Å². The van der Waals surface area contributed by atoms with Gasteiger partial charge in [0.05, 0.1) is 0 Å². The first-order valence-electron chi connectivity index (χ1n) is 18.5. The Kier molecular flexibility index (Phi) is 6.28. The fraction of sp³-hybridized carbons (Fsp3) is 0. The van der Waals surface area contributed by atoms with Crippen LogP contribution in [0.15, 0.2) is 186 Å². The van der Waals surface area contributed by atoms with Gasteiger partial charge in [-0.15, -0.1) is 11.3 Å². The fourth-order valence-corrected chi connectivity index (χ4v) is 10.1. The van der Waals surface area contributed by atoms with Crippen LogP contribution in [0.4, 0.5) is 0 Å². The van der Waals surface area contributed by atoms with Gasteiger partial charge in [-0.25, -0.2) is 0 Å². The first-order chi connectivity index (χ1) is 26.8. The molecule has 0 bridgehead atoms. The third-order valence-electron chi connectivity index (χ3n) is 11.4. The summed E-state index contributed by atoms with van der Waals surface area (Å²) < 4.78 is 9.30. The van der Waals surface area contributed by atoms with Crippen LogP contribution in [0.2, 0.25) is 0 Å². The van der Waals surface area contributed by atoms with Gasteiger partial charge >= 0.3 is 0 Å². The van der Waals surface area contributed by atoms with Gasteiger partial charge in [0.1, 0.15) is 11.2 Å². The van der Waals surface area contributed by atoms with Crippen LogP contribution in [-0.4, -0.2) is 0 Å². The van der Waals surface area contributed by atoms with Gasteiger partial charge in [0.25, 0.3) is 0 Å². The molecule has 250 valence electrons. The van der Waals surface area contributed by atoms with Crippen molar-refractivity contribution < 1.29 is 4.42 Å². The SMILES string of the molecule is c1ccc2cc(-c3c4ccccc4c(-c4ccc(-c5cc6c7cc8sc9ccccc9c8cc7oc6c6ccccc56)cc4)c4ccccc34)ccc2c1. The number of rotatable bonds is 3. The van der Waals surface area contributed by atoms with Crippen LogP contribution in [0.3, 0.4) is 0 Å². The van der Waals surface area contributed by atoms with E-state index < -0.39 is 0 Å². The molecule has 0 aliphatic rings. The highest BCUT2D eigenvalue weighted by Gasteiger charge is 2.19. The summed E-state index contributed by atoms with van der Waals surface area (Å²) in [5.41, 5.74) is 9.29. The number of hydrogen-bond acceptors (Lipinski definition) is 2. The Labute approximate surface area is 314 Å². The maximum Gasteiger partial charge on any atom is 0.143 e. The summed E-state index contributed by atoms with van der Waals surface area (Å²) in [4.78, 5) is 0. The molecule has 2 heteroatoms. The molecule has 1 nitrogen and oxygen atoms in total. The van der Waals surface area contributed by atoms with E-state index in [0.717, 1.165) is 27.3 Å². The van der Waals surface area contributed by atoms with Gasteiger partial charge in [0, 0.05) is 36.3 Å². The molecule has 0 radical (unpaired) electrons. The Morgan fingerprint density at radius 1 is 0.315 bits per heavy atom. The predicted octanol–water partition coefficient (Wildman–Crippen LogP) is 15.6. The van der Waals surface area contributed by atoms with E-state index in [1.54, 1.807) is 0 Å². The van der Waals surface area contributed by atoms with Crippen molar-refractivity contribution >= 4 is 96.5 Å². The summed E-state index contributed by atoms with van der Waals surface area (Å²) in [5.74, 6) is 0. The number of furan rings is 1. The second kappa shape index (κ2) is 11.4. The van der Waals surface area contributed by atoms with E-state index in [4.69, 9.17) is 4.42 Å². The number of thiophene rings is 1. The van der Waals surface area contributed by atoms with Crippen molar-refractivity contribution in [2.45, 2.75) is 0 Å². The van der Waals surface area contributed by atoms with Crippen molar-refractivity contribution in [3.63, 3.8) is 0 Å². The Morgan fingerprint density at radius 2 is 0.870 bits per heavy atom. The zero-order valence-corrected chi connectivity index (χ0v) is 30.0. The maximum absolute atomic E-state index is 6.71. The first-order valence-corrected chi connectivity index (χ1v) is 19.3. The highest BCUT2D eigenvalue weighted by atomic mass is 32.1. The number of hydrogen-bond donors (Lipinski definition) is 0. The molecule has 12 aromatic rings. The highest BCUT2D eigenvalue weighted by Crippen LogP contribution is 2.46. The van der Waals surface area contributed by atoms with Crippen molar-refractivity contribution in [3.8, 4) is 33.4 Å². The summed E-state index contributed by atoms with van der Waals surface area (Å²) >= 11 is 1.85. The highest BCUT2D eigenvalue weighted by molar-refractivity contribution is 7.25. The summed E-state index contributed by atoms with van der Waals surface area (Å²) in [6.45, 7) is 0. The van der Waals surface area contributed by atoms with Crippen LogP contribution in [0.25, 0.3) is 119 Å². The lowest BCUT2D eigenvalue weighted by atomic mass is 9.85. The molecule has 0 spiro atoms. The minimum Gasteiger partial charge on any atom is -0.455 e. The molecule has 2 aromatic heterocycles. The molecule has 12 rings (SSSR count). The standard InChI is InChI=1S/C52H30OS/c1-2-12-34-27-35(26-21-31(34)11-1)51-40-17-6-4-15-38(40)50(39-16-5-7-18-41(39)51)33-24-22-32(23-25-33)43-28-46-44-30-49-45(37-14-9-10-20-48(37)54-49)29-47(44)53-52(46)42-19-8-3-13-36(42)43/h1-30H. The summed E-state index contributed by atoms with van der Waals surface area (Å²) in [6.07, 6.45) is 0. The topological polar surface area (TPSA) is 13.1 Å². The zero-order chi connectivity index (χ0) is 35.3. The van der Waals surface area contributed by atoms with Gasteiger partial charge < -0.3 is 4.42 Å². The van der Waals surface area contributed by atoms with Crippen LogP contribution in [0, 0.1) is 0 Å². The van der Waals surface area contributed by atoms with Gasteiger partial charge in [-0.2, -0.15) is 0 Å². The first kappa shape index (κ1) is 29.8. The third-order valence-corrected chi connectivity index (χ3v) is 12.6. The van der Waals surface area contributed by atoms with Gasteiger partial charge in [0.15, 0.2) is 0 Å². The quantitative estimate of drug-likeness (QED) is 0.167. The molecule has 0 atom stereocenters. The largest absolute Gasteiger partial charge is 0.455 e. The number of fused-ring (bicyclic) bond motifs is 11. The molecule has 0 aliphatic heterocycles. The molecule has 10 aromatic carbocycles. The fourth-order valence-electron chi connectivity index (χ4n) is 8.97. The molecule has 0 N–H and O–H groups in total. The Morgan fingerprint density at radius 3 is 1.59 bits per heavy atom. The normalized spacial score (nSPS) is 12.1. The van der Waals surface area contributed by atoms with E-state index >= 15 is 0 Å². The minimum absolute atomic E-state index is 0.935. The molecule has 0 saturated carbocycles. The van der Waals surface area contributed by atoms with E-state index in [0.29, 0.717) is 0 Å². The molecular weight excluding hydrogens is 673 g/mol. The molecule has 0 aliphatic carbocycles. The van der Waals surface area contributed by atoms with Crippen LogP contribution in [0.1, 0.15) is 0 Å². The van der Waals surface area contributed by atoms with E-state index in [1.807, 2.05) is 11.3 Å². The summed E-state index contributed by atoms with van der Waals surface area (Å²) in [7, 11) is 0. The van der Waals surface area contributed by atoms with Crippen molar-refractivity contribution in [3.05, 3.63) is 182 Å². The Hall–Kier alpha value is -6.74. The predicted molar refractivity (Wildman–Crippen MR) is 233 cm³/mol. The third kappa shape index (κ3) is 4.32. The Balaban J connectivity index is 1.05. The lowest BCUT2D eigenvalue weighted by molar-refractivity contribution is 0.673. The maximum atomic E-state index is 6.71. The van der Waals surface area contributed by atoms with Gasteiger partial charge in [0.2, 0.25) is 0 Å². The summed E-state index contributed by atoms with van der Waals surface area (Å²) in [5, 5.41) is 14.8. The summed E-state index contributed by atoms with van der Waals surface area (Å²) in [6, 6.07) is 66.8. The average molecular weight is 703 g/mol. The molecule has 54 heavy (non-hydrogen) atoms. The van der Waals surface area contributed by atoms with Crippen LogP contribution < -0.4 is 0 Å². The van der Waals surface area contributed by atoms with Crippen LogP contribution in [0.5, 0.6) is 0 Å². The monoisotopic (exact) mass is 702 g/mol. The van der Waals surface area contributed by atoms with Crippen molar-refractivity contribution in [2.24, 2.45) is 0 Å². The van der Waals surface area contributed by atoms with E-state index in [1.165, 1.54) is 91.3 Å².